The number of nitrogens with one attached hydrogen (secondary N) is 5. The molecule has 22 heteroatoms. The number of primary amides is 2. The van der Waals surface area contributed by atoms with Crippen LogP contribution in [-0.4, -0.2) is 125 Å². The summed E-state index contributed by atoms with van der Waals surface area (Å²) in [6.07, 6.45) is -3.72. The number of ether oxygens (including phenoxy) is 3. The molecule has 0 radical (unpaired) electrons. The van der Waals surface area contributed by atoms with Crippen LogP contribution in [0.25, 0.3) is 6.08 Å². The molecule has 1 saturated heterocycles. The van der Waals surface area contributed by atoms with Crippen molar-refractivity contribution in [2.45, 2.75) is 114 Å². The van der Waals surface area contributed by atoms with E-state index in [0.717, 1.165) is 5.56 Å². The van der Waals surface area contributed by atoms with E-state index in [2.05, 4.69) is 26.6 Å². The molecule has 1 heterocycles. The Morgan fingerprint density at radius 2 is 1.60 bits per heavy atom. The molecule has 344 valence electrons. The summed E-state index contributed by atoms with van der Waals surface area (Å²) < 4.78 is 17.6. The number of unbranched alkanes of at least 4 members (excludes halogenated alkanes) is 1. The minimum atomic E-state index is -1.53. The number of carbonyl (C=O) groups excluding carboxylic acids is 7. The summed E-state index contributed by atoms with van der Waals surface area (Å²) in [4.78, 5) is 98.1. The van der Waals surface area contributed by atoms with Crippen molar-refractivity contribution in [3.8, 4) is 0 Å². The number of benzene rings is 2. The first-order valence-electron chi connectivity index (χ1n) is 20.1. The van der Waals surface area contributed by atoms with Gasteiger partial charge in [0.1, 0.15) is 48.6 Å². The number of amides is 7. The standard InChI is InChI=1S/C41H56N8O14/c1-23(45-40(58)24(2)62-36-34(46-25(3)51)41(63-31(21-50)35(36)54)61-22-27-10-5-4-6-11-27)39(57)48-30(38(43)56)16-18-33(53)47-29(37(42)55)14-7-8-19-44-32(52)17-15-26-12-9-13-28(20-26)49(59)60/h4-6,9-13,15,17,20,23-24,29-31,34-36,41,50,54H,7-8,14,16,18-19,21-22H2,1-3H3,(H2,42,55)(H2,43,56)(H,44,52)(H,45,58)(H,46,51)(H,47,53)(H,48,57)/b17-15+/t23-,24+,29-,30+,31+,34-,35-,36-,41+/m0/s1. The third-order valence-corrected chi connectivity index (χ3v) is 9.69. The number of non-ortho nitro benzene ring substituents is 1. The van der Waals surface area contributed by atoms with Gasteiger partial charge >= 0.3 is 0 Å². The van der Waals surface area contributed by atoms with Crippen molar-refractivity contribution in [1.29, 1.82) is 0 Å². The average Bonchev–Trinajstić information content (AvgIpc) is 3.24. The molecule has 0 bridgehead atoms. The van der Waals surface area contributed by atoms with Gasteiger partial charge in [-0.15, -0.1) is 0 Å². The number of nitro groups is 1. The Hall–Kier alpha value is -6.33. The third-order valence-electron chi connectivity index (χ3n) is 9.69. The van der Waals surface area contributed by atoms with Gasteiger partial charge in [-0.1, -0.05) is 42.5 Å². The van der Waals surface area contributed by atoms with E-state index in [9.17, 15) is 53.9 Å². The van der Waals surface area contributed by atoms with Crippen LogP contribution in [0.4, 0.5) is 5.69 Å². The van der Waals surface area contributed by atoms with E-state index in [4.69, 9.17) is 25.7 Å². The number of carbonyl (C=O) groups is 7. The second kappa shape index (κ2) is 25.6. The summed E-state index contributed by atoms with van der Waals surface area (Å²) in [6, 6.07) is 9.88. The third kappa shape index (κ3) is 17.2. The average molecular weight is 885 g/mol. The van der Waals surface area contributed by atoms with E-state index in [0.29, 0.717) is 18.4 Å². The zero-order chi connectivity index (χ0) is 46.6. The number of nitrogens with two attached hydrogens (primary N) is 2. The topological polar surface area (TPSA) is 343 Å². The van der Waals surface area contributed by atoms with E-state index in [1.807, 2.05) is 6.07 Å². The van der Waals surface area contributed by atoms with Crippen LogP contribution < -0.4 is 38.1 Å². The minimum Gasteiger partial charge on any atom is -0.394 e. The molecule has 0 unspecified atom stereocenters. The van der Waals surface area contributed by atoms with Gasteiger partial charge in [-0.25, -0.2) is 0 Å². The summed E-state index contributed by atoms with van der Waals surface area (Å²) >= 11 is 0. The maximum absolute atomic E-state index is 13.2. The van der Waals surface area contributed by atoms with Crippen molar-refractivity contribution < 1.29 is 62.9 Å². The van der Waals surface area contributed by atoms with Crippen LogP contribution in [0.5, 0.6) is 0 Å². The van der Waals surface area contributed by atoms with Crippen molar-refractivity contribution in [3.05, 3.63) is 81.9 Å². The minimum absolute atomic E-state index is 0.0382. The second-order valence-corrected chi connectivity index (χ2v) is 14.7. The summed E-state index contributed by atoms with van der Waals surface area (Å²) in [5.41, 5.74) is 12.1. The van der Waals surface area contributed by atoms with Crippen LogP contribution in [0.1, 0.15) is 64.0 Å². The van der Waals surface area contributed by atoms with Crippen LogP contribution in [0, 0.1) is 10.1 Å². The molecule has 0 aliphatic carbocycles. The zero-order valence-electron chi connectivity index (χ0n) is 35.1. The second-order valence-electron chi connectivity index (χ2n) is 14.7. The van der Waals surface area contributed by atoms with Gasteiger partial charge in [0.15, 0.2) is 6.29 Å². The number of rotatable bonds is 25. The van der Waals surface area contributed by atoms with Crippen molar-refractivity contribution in [1.82, 2.24) is 26.6 Å². The van der Waals surface area contributed by atoms with E-state index >= 15 is 0 Å². The highest BCUT2D eigenvalue weighted by Gasteiger charge is 2.48. The lowest BCUT2D eigenvalue weighted by Gasteiger charge is -2.44. The Bertz CT molecular complexity index is 1940. The van der Waals surface area contributed by atoms with Crippen molar-refractivity contribution in [2.75, 3.05) is 13.2 Å². The molecule has 0 spiro atoms. The van der Waals surface area contributed by atoms with E-state index in [1.165, 1.54) is 51.1 Å². The lowest BCUT2D eigenvalue weighted by molar-refractivity contribution is -0.384. The fourth-order valence-electron chi connectivity index (χ4n) is 6.27. The molecule has 2 aromatic rings. The van der Waals surface area contributed by atoms with Crippen molar-refractivity contribution in [2.24, 2.45) is 11.5 Å². The van der Waals surface area contributed by atoms with Gasteiger partial charge in [-0.2, -0.15) is 0 Å². The molecule has 1 aliphatic rings. The van der Waals surface area contributed by atoms with E-state index < -0.39 is 108 Å². The first-order valence-corrected chi connectivity index (χ1v) is 20.1. The molecule has 63 heavy (non-hydrogen) atoms. The molecule has 11 N–H and O–H groups in total. The molecule has 22 nitrogen and oxygen atoms in total. The van der Waals surface area contributed by atoms with E-state index in [1.54, 1.807) is 30.3 Å². The number of aliphatic hydroxyl groups excluding tert-OH is 2. The number of aliphatic hydroxyl groups is 2. The number of hydrogen-bond donors (Lipinski definition) is 9. The summed E-state index contributed by atoms with van der Waals surface area (Å²) in [7, 11) is 0. The highest BCUT2D eigenvalue weighted by Crippen LogP contribution is 2.26. The van der Waals surface area contributed by atoms with Crippen LogP contribution in [0.15, 0.2) is 60.7 Å². The molecule has 0 saturated carbocycles. The van der Waals surface area contributed by atoms with Gasteiger partial charge in [-0.05, 0) is 56.7 Å². The maximum atomic E-state index is 13.2. The lowest BCUT2D eigenvalue weighted by atomic mass is 9.96. The molecule has 2 aromatic carbocycles. The molecule has 3 rings (SSSR count). The lowest BCUT2D eigenvalue weighted by Crippen LogP contribution is -2.66. The molecule has 7 amide bonds. The van der Waals surface area contributed by atoms with Gasteiger partial charge in [-0.3, -0.25) is 43.7 Å². The Morgan fingerprint density at radius 3 is 2.24 bits per heavy atom. The quantitative estimate of drug-likeness (QED) is 0.0242. The molecular weight excluding hydrogens is 828 g/mol. The first-order chi connectivity index (χ1) is 29.9. The first kappa shape index (κ1) is 51.0. The molecule has 0 aromatic heterocycles. The van der Waals surface area contributed by atoms with E-state index in [-0.39, 0.29) is 38.1 Å². The van der Waals surface area contributed by atoms with Crippen molar-refractivity contribution >= 4 is 53.1 Å². The monoisotopic (exact) mass is 884 g/mol. The van der Waals surface area contributed by atoms with Crippen LogP contribution in [0.2, 0.25) is 0 Å². The van der Waals surface area contributed by atoms with Crippen LogP contribution in [-0.2, 0) is 54.4 Å². The smallest absolute Gasteiger partial charge is 0.270 e. The van der Waals surface area contributed by atoms with Crippen LogP contribution in [0.3, 0.4) is 0 Å². The summed E-state index contributed by atoms with van der Waals surface area (Å²) in [6.45, 7) is 3.47. The predicted molar refractivity (Wildman–Crippen MR) is 223 cm³/mol. The largest absolute Gasteiger partial charge is 0.394 e. The molecule has 9 atom stereocenters. The predicted octanol–water partition coefficient (Wildman–Crippen LogP) is -1.31. The Balaban J connectivity index is 1.47. The number of hydrogen-bond acceptors (Lipinski definition) is 14. The summed E-state index contributed by atoms with van der Waals surface area (Å²) in [5, 5.41) is 44.5. The Morgan fingerprint density at radius 1 is 0.921 bits per heavy atom. The molecule has 1 fully saturated rings. The van der Waals surface area contributed by atoms with Gasteiger partial charge < -0.3 is 62.5 Å². The van der Waals surface area contributed by atoms with Crippen molar-refractivity contribution in [3.63, 3.8) is 0 Å². The maximum Gasteiger partial charge on any atom is 0.270 e. The Labute approximate surface area is 363 Å². The molecular formula is C41H56N8O14. The number of nitro benzene ring substituents is 1. The van der Waals surface area contributed by atoms with Gasteiger partial charge in [0.2, 0.25) is 41.4 Å². The normalized spacial score (nSPS) is 20.3. The fraction of sp³-hybridized carbons (Fsp3) is 0.488. The van der Waals surface area contributed by atoms with Gasteiger partial charge in [0.25, 0.3) is 5.69 Å². The highest BCUT2D eigenvalue weighted by atomic mass is 16.7. The molecule has 1 aliphatic heterocycles. The Kier molecular flexibility index (Phi) is 20.7. The SMILES string of the molecule is CC(=O)N[C@@H]1[C@H](OCc2ccccc2)O[C@H](CO)[C@H](O)[C@H]1O[C@H](C)C(=O)N[C@@H](C)C(=O)N[C@H](CCC(=O)N[C@@H](CCCCNC(=O)/C=C/c1cccc([N+](=O)[O-])c1)C(N)=O)C(N)=O. The van der Waals surface area contributed by atoms with Crippen LogP contribution >= 0.6 is 0 Å². The van der Waals surface area contributed by atoms with Gasteiger partial charge in [0.05, 0.1) is 18.1 Å². The highest BCUT2D eigenvalue weighted by molar-refractivity contribution is 5.93. The number of nitrogens with zero attached hydrogens (tertiary/aromatic N) is 1. The summed E-state index contributed by atoms with van der Waals surface area (Å²) in [5.74, 6) is -5.13. The zero-order valence-corrected chi connectivity index (χ0v) is 35.1. The fourth-order valence-corrected chi connectivity index (χ4v) is 6.27. The van der Waals surface area contributed by atoms with Gasteiger partial charge in [0, 0.05) is 38.1 Å².